The molecule has 0 saturated heterocycles. The van der Waals surface area contributed by atoms with E-state index in [4.69, 9.17) is 16.3 Å². The van der Waals surface area contributed by atoms with Crippen molar-refractivity contribution in [3.63, 3.8) is 0 Å². The number of hydrogen-bond donors (Lipinski definition) is 0. The van der Waals surface area contributed by atoms with Gasteiger partial charge in [-0.15, -0.1) is 11.6 Å². The highest BCUT2D eigenvalue weighted by Gasteiger charge is 2.53. The summed E-state index contributed by atoms with van der Waals surface area (Å²) >= 11 is 5.48. The van der Waals surface area contributed by atoms with Gasteiger partial charge in [0.25, 0.3) is 0 Å². The van der Waals surface area contributed by atoms with Crippen LogP contribution in [0.1, 0.15) is 39.0 Å². The largest absolute Gasteiger partial charge is 0.458 e. The van der Waals surface area contributed by atoms with Gasteiger partial charge >= 0.3 is 5.97 Å². The molecule has 2 nitrogen and oxygen atoms in total. The molecule has 3 unspecified atom stereocenters. The number of hydrogen-bond acceptors (Lipinski definition) is 2. The van der Waals surface area contributed by atoms with Crippen LogP contribution in [0.25, 0.3) is 0 Å². The van der Waals surface area contributed by atoms with E-state index in [9.17, 15) is 4.79 Å². The van der Waals surface area contributed by atoms with E-state index >= 15 is 0 Å². The lowest BCUT2D eigenvalue weighted by Crippen LogP contribution is -2.38. The van der Waals surface area contributed by atoms with E-state index in [1.54, 1.807) is 0 Å². The topological polar surface area (TPSA) is 26.3 Å². The molecule has 2 bridgehead atoms. The first-order valence-electron chi connectivity index (χ1n) is 5.48. The Balaban J connectivity index is 2.08. The van der Waals surface area contributed by atoms with Crippen LogP contribution in [-0.4, -0.2) is 17.5 Å². The van der Waals surface area contributed by atoms with Gasteiger partial charge in [-0.25, -0.2) is 0 Å². The van der Waals surface area contributed by atoms with Crippen molar-refractivity contribution in [2.45, 2.75) is 44.6 Å². The zero-order valence-corrected chi connectivity index (χ0v) is 9.35. The summed E-state index contributed by atoms with van der Waals surface area (Å²) in [7, 11) is 0. The summed E-state index contributed by atoms with van der Waals surface area (Å²) in [5.41, 5.74) is -0.134. The average molecular weight is 217 g/mol. The molecular formula is C11H17ClO2. The van der Waals surface area contributed by atoms with Crippen molar-refractivity contribution in [1.29, 1.82) is 0 Å². The molecule has 0 aliphatic heterocycles. The Morgan fingerprint density at radius 1 is 1.64 bits per heavy atom. The monoisotopic (exact) mass is 216 g/mol. The number of alkyl halides is 1. The third-order valence-corrected chi connectivity index (χ3v) is 4.11. The van der Waals surface area contributed by atoms with Gasteiger partial charge in [0.2, 0.25) is 0 Å². The van der Waals surface area contributed by atoms with Crippen LogP contribution in [0.15, 0.2) is 0 Å². The fourth-order valence-electron chi connectivity index (χ4n) is 3.30. The molecule has 0 amide bonds. The van der Waals surface area contributed by atoms with Crippen LogP contribution in [0.4, 0.5) is 0 Å². The normalized spacial score (nSPS) is 40.1. The van der Waals surface area contributed by atoms with Crippen molar-refractivity contribution >= 4 is 17.6 Å². The molecule has 2 saturated carbocycles. The van der Waals surface area contributed by atoms with Crippen LogP contribution in [-0.2, 0) is 9.53 Å². The molecule has 80 valence electrons. The van der Waals surface area contributed by atoms with Gasteiger partial charge in [0.1, 0.15) is 11.5 Å². The summed E-state index contributed by atoms with van der Waals surface area (Å²) in [6, 6.07) is 0. The Morgan fingerprint density at radius 3 is 3.00 bits per heavy atom. The van der Waals surface area contributed by atoms with Gasteiger partial charge in [-0.2, -0.15) is 0 Å². The summed E-state index contributed by atoms with van der Waals surface area (Å²) in [5.74, 6) is 1.12. The van der Waals surface area contributed by atoms with Crippen LogP contribution >= 0.6 is 11.6 Å². The summed E-state index contributed by atoms with van der Waals surface area (Å²) < 4.78 is 5.57. The number of rotatable bonds is 3. The Kier molecular flexibility index (Phi) is 2.74. The van der Waals surface area contributed by atoms with Gasteiger partial charge < -0.3 is 4.74 Å². The van der Waals surface area contributed by atoms with Crippen molar-refractivity contribution in [2.24, 2.45) is 11.8 Å². The van der Waals surface area contributed by atoms with Crippen LogP contribution in [0.3, 0.4) is 0 Å². The second-order valence-corrected chi connectivity index (χ2v) is 4.89. The lowest BCUT2D eigenvalue weighted by atomic mass is 9.83. The lowest BCUT2D eigenvalue weighted by Gasteiger charge is -2.34. The maximum Gasteiger partial charge on any atom is 0.321 e. The van der Waals surface area contributed by atoms with E-state index in [-0.39, 0.29) is 17.5 Å². The molecule has 0 aromatic rings. The molecule has 2 aliphatic carbocycles. The summed E-state index contributed by atoms with van der Waals surface area (Å²) in [6.45, 7) is 2.18. The number of ether oxygens (including phenoxy) is 1. The molecule has 2 fully saturated rings. The lowest BCUT2D eigenvalue weighted by molar-refractivity contribution is -0.160. The van der Waals surface area contributed by atoms with Gasteiger partial charge in [-0.1, -0.05) is 6.92 Å². The molecule has 0 radical (unpaired) electrons. The molecule has 3 heteroatoms. The Labute approximate surface area is 90.0 Å². The molecule has 2 rings (SSSR count). The zero-order valence-electron chi connectivity index (χ0n) is 8.59. The van der Waals surface area contributed by atoms with Crippen LogP contribution in [0, 0.1) is 11.8 Å². The first-order valence-corrected chi connectivity index (χ1v) is 6.01. The van der Waals surface area contributed by atoms with Crippen molar-refractivity contribution in [3.05, 3.63) is 0 Å². The van der Waals surface area contributed by atoms with E-state index in [0.717, 1.165) is 25.2 Å². The predicted octanol–water partition coefficient (Wildman–Crippen LogP) is 2.74. The second kappa shape index (κ2) is 3.73. The number of fused-ring (bicyclic) bond motifs is 2. The molecule has 2 aliphatic rings. The second-order valence-electron chi connectivity index (χ2n) is 4.62. The van der Waals surface area contributed by atoms with E-state index in [0.29, 0.717) is 5.92 Å². The van der Waals surface area contributed by atoms with Crippen molar-refractivity contribution in [1.82, 2.24) is 0 Å². The van der Waals surface area contributed by atoms with Crippen LogP contribution < -0.4 is 0 Å². The van der Waals surface area contributed by atoms with Crippen LogP contribution in [0.5, 0.6) is 0 Å². The Bertz CT molecular complexity index is 241. The van der Waals surface area contributed by atoms with E-state index < -0.39 is 0 Å². The molecule has 0 heterocycles. The molecule has 0 N–H and O–H groups in total. The van der Waals surface area contributed by atoms with Gasteiger partial charge in [0, 0.05) is 0 Å². The third-order valence-electron chi connectivity index (χ3n) is 3.89. The van der Waals surface area contributed by atoms with Crippen LogP contribution in [0.2, 0.25) is 0 Å². The van der Waals surface area contributed by atoms with E-state index in [2.05, 4.69) is 6.92 Å². The number of esters is 1. The minimum atomic E-state index is -0.243. The average Bonchev–Trinajstić information content (AvgIpc) is 2.73. The van der Waals surface area contributed by atoms with Crippen molar-refractivity contribution in [3.8, 4) is 0 Å². The smallest absolute Gasteiger partial charge is 0.321 e. The molecular weight excluding hydrogens is 200 g/mol. The number of carbonyl (C=O) groups excluding carboxylic acids is 1. The number of carbonyl (C=O) groups is 1. The maximum atomic E-state index is 11.3. The minimum absolute atomic E-state index is 0.0111. The first-order chi connectivity index (χ1) is 6.70. The van der Waals surface area contributed by atoms with Gasteiger partial charge in [0.05, 0.1) is 0 Å². The zero-order chi connectivity index (χ0) is 10.2. The van der Waals surface area contributed by atoms with Crippen molar-refractivity contribution in [2.75, 3.05) is 5.88 Å². The quantitative estimate of drug-likeness (QED) is 0.536. The fraction of sp³-hybridized carbons (Fsp3) is 0.909. The molecule has 14 heavy (non-hydrogen) atoms. The van der Waals surface area contributed by atoms with Gasteiger partial charge in [-0.05, 0) is 43.9 Å². The standard InChI is InChI=1S/C11H17ClO2/c1-2-9-5-8-3-4-11(9,6-8)14-10(13)7-12/h8-9H,2-7H2,1H3. The molecule has 0 aromatic heterocycles. The highest BCUT2D eigenvalue weighted by atomic mass is 35.5. The predicted molar refractivity (Wildman–Crippen MR) is 55.3 cm³/mol. The van der Waals surface area contributed by atoms with Crippen molar-refractivity contribution < 1.29 is 9.53 Å². The van der Waals surface area contributed by atoms with Gasteiger partial charge in [0.15, 0.2) is 0 Å². The number of halogens is 1. The summed E-state index contributed by atoms with van der Waals surface area (Å²) in [6.07, 6.45) is 5.72. The SMILES string of the molecule is CCC1CC2CCC1(OC(=O)CCl)C2. The highest BCUT2D eigenvalue weighted by molar-refractivity contribution is 6.26. The fourth-order valence-corrected chi connectivity index (χ4v) is 3.35. The van der Waals surface area contributed by atoms with E-state index in [1.165, 1.54) is 12.8 Å². The first kappa shape index (κ1) is 10.3. The molecule has 0 spiro atoms. The third kappa shape index (κ3) is 1.54. The maximum absolute atomic E-state index is 11.3. The Morgan fingerprint density at radius 2 is 2.43 bits per heavy atom. The summed E-state index contributed by atoms with van der Waals surface area (Å²) in [5, 5.41) is 0. The van der Waals surface area contributed by atoms with Gasteiger partial charge in [-0.3, -0.25) is 4.79 Å². The minimum Gasteiger partial charge on any atom is -0.458 e. The molecule has 3 atom stereocenters. The summed E-state index contributed by atoms with van der Waals surface area (Å²) in [4.78, 5) is 11.3. The van der Waals surface area contributed by atoms with E-state index in [1.807, 2.05) is 0 Å². The highest BCUT2D eigenvalue weighted by Crippen LogP contribution is 2.54. The molecule has 0 aromatic carbocycles. The Hall–Kier alpha value is -0.240.